The van der Waals surface area contributed by atoms with Gasteiger partial charge < -0.3 is 15.4 Å². The largest absolute Gasteiger partial charge is 0.427 e. The normalized spacial score (nSPS) is 12.7. The molecule has 0 fully saturated rings. The number of rotatable bonds is 6. The Morgan fingerprint density at radius 2 is 1.50 bits per heavy atom. The minimum Gasteiger partial charge on any atom is -0.427 e. The molecule has 194 valence electrons. The average Bonchev–Trinajstić information content (AvgIpc) is 3.12. The number of carbonyl (C=O) groups is 5. The summed E-state index contributed by atoms with van der Waals surface area (Å²) in [4.78, 5) is 63.7. The molecule has 2 N–H and O–H groups in total. The molecule has 0 saturated carbocycles. The zero-order valence-electron chi connectivity index (χ0n) is 21.5. The van der Waals surface area contributed by atoms with Crippen molar-refractivity contribution >= 4 is 35.3 Å². The van der Waals surface area contributed by atoms with E-state index in [1.807, 2.05) is 0 Å². The van der Waals surface area contributed by atoms with E-state index in [9.17, 15) is 24.0 Å². The van der Waals surface area contributed by atoms with Gasteiger partial charge in [0.05, 0.1) is 11.1 Å². The van der Waals surface area contributed by atoms with Crippen molar-refractivity contribution in [2.75, 3.05) is 5.32 Å². The van der Waals surface area contributed by atoms with Gasteiger partial charge in [-0.2, -0.15) is 0 Å². The summed E-state index contributed by atoms with van der Waals surface area (Å²) in [5.41, 5.74) is 1.42. The number of hydrogen-bond acceptors (Lipinski definition) is 6. The molecule has 1 aliphatic heterocycles. The maximum atomic E-state index is 13.1. The van der Waals surface area contributed by atoms with Crippen molar-refractivity contribution in [2.45, 2.75) is 39.8 Å². The Kier molecular flexibility index (Phi) is 7.12. The molecule has 0 unspecified atom stereocenters. The van der Waals surface area contributed by atoms with Gasteiger partial charge in [0.15, 0.2) is 0 Å². The zero-order chi connectivity index (χ0) is 27.6. The van der Waals surface area contributed by atoms with Crippen LogP contribution >= 0.6 is 0 Å². The number of para-hydroxylation sites is 1. The number of ether oxygens (including phenoxy) is 1. The van der Waals surface area contributed by atoms with Crippen LogP contribution in [0.25, 0.3) is 0 Å². The topological polar surface area (TPSA) is 122 Å². The quantitative estimate of drug-likeness (QED) is 0.290. The van der Waals surface area contributed by atoms with E-state index >= 15 is 0 Å². The second-order valence-corrected chi connectivity index (χ2v) is 9.79. The highest BCUT2D eigenvalue weighted by Gasteiger charge is 2.42. The molecule has 1 heterocycles. The van der Waals surface area contributed by atoms with Gasteiger partial charge in [-0.25, -0.2) is 0 Å². The van der Waals surface area contributed by atoms with Gasteiger partial charge in [0, 0.05) is 35.8 Å². The van der Waals surface area contributed by atoms with E-state index in [0.717, 1.165) is 0 Å². The van der Waals surface area contributed by atoms with E-state index in [1.54, 1.807) is 63.2 Å². The van der Waals surface area contributed by atoms with Gasteiger partial charge in [-0.3, -0.25) is 28.9 Å². The molecule has 4 amide bonds. The third-order valence-corrected chi connectivity index (χ3v) is 5.88. The van der Waals surface area contributed by atoms with Gasteiger partial charge in [0.2, 0.25) is 0 Å². The van der Waals surface area contributed by atoms with Crippen LogP contribution in [-0.2, 0) is 11.3 Å². The second-order valence-electron chi connectivity index (χ2n) is 9.79. The maximum Gasteiger partial charge on any atom is 0.308 e. The summed E-state index contributed by atoms with van der Waals surface area (Å²) in [5, 5.41) is 5.62. The smallest absolute Gasteiger partial charge is 0.308 e. The van der Waals surface area contributed by atoms with Crippen LogP contribution in [0, 0.1) is 0 Å². The Bertz CT molecular complexity index is 1470. The van der Waals surface area contributed by atoms with E-state index in [-0.39, 0.29) is 40.8 Å². The number of nitrogens with zero attached hydrogens (tertiary/aromatic N) is 1. The molecule has 0 spiro atoms. The molecule has 38 heavy (non-hydrogen) atoms. The fourth-order valence-electron chi connectivity index (χ4n) is 4.13. The van der Waals surface area contributed by atoms with Crippen molar-refractivity contribution in [1.29, 1.82) is 0 Å². The summed E-state index contributed by atoms with van der Waals surface area (Å²) in [7, 11) is 0. The van der Waals surface area contributed by atoms with Crippen molar-refractivity contribution in [3.8, 4) is 5.75 Å². The number of amides is 4. The Hall–Kier alpha value is -4.79. The number of benzene rings is 3. The van der Waals surface area contributed by atoms with E-state index < -0.39 is 23.3 Å². The van der Waals surface area contributed by atoms with Crippen LogP contribution in [0.4, 0.5) is 5.69 Å². The van der Waals surface area contributed by atoms with Crippen LogP contribution in [-0.4, -0.2) is 40.0 Å². The molecule has 9 heteroatoms. The van der Waals surface area contributed by atoms with Crippen molar-refractivity contribution in [2.24, 2.45) is 0 Å². The van der Waals surface area contributed by atoms with Crippen LogP contribution in [0.2, 0.25) is 0 Å². The highest BCUT2D eigenvalue weighted by Crippen LogP contribution is 2.30. The van der Waals surface area contributed by atoms with Crippen molar-refractivity contribution in [3.05, 3.63) is 94.5 Å². The summed E-state index contributed by atoms with van der Waals surface area (Å²) in [5.74, 6) is -1.89. The summed E-state index contributed by atoms with van der Waals surface area (Å²) in [6.07, 6.45) is 0. The first-order valence-corrected chi connectivity index (χ1v) is 11.9. The monoisotopic (exact) mass is 513 g/mol. The Morgan fingerprint density at radius 1 is 0.816 bits per heavy atom. The van der Waals surface area contributed by atoms with Crippen molar-refractivity contribution in [3.63, 3.8) is 0 Å². The number of hydrogen-bond donors (Lipinski definition) is 2. The first-order valence-electron chi connectivity index (χ1n) is 11.9. The van der Waals surface area contributed by atoms with Gasteiger partial charge in [0.25, 0.3) is 23.6 Å². The van der Waals surface area contributed by atoms with Crippen LogP contribution in [0.5, 0.6) is 5.75 Å². The predicted octanol–water partition coefficient (Wildman–Crippen LogP) is 4.19. The van der Waals surface area contributed by atoms with Crippen LogP contribution in [0.1, 0.15) is 74.7 Å². The van der Waals surface area contributed by atoms with Gasteiger partial charge in [-0.1, -0.05) is 24.3 Å². The standard InChI is InChI=1S/C29H27N3O6/c1-17(33)38-21-10-7-9-18(14-21)25(34)30-16-20-8-5-6-11-24(20)31-26(35)19-12-13-22-23(15-19)28(37)32(27(22)36)29(2,3)4/h5-15H,16H2,1-4H3,(H,30,34)(H,31,35). The van der Waals surface area contributed by atoms with Crippen molar-refractivity contribution in [1.82, 2.24) is 10.2 Å². The number of fused-ring (bicyclic) bond motifs is 1. The molecule has 0 bridgehead atoms. The lowest BCUT2D eigenvalue weighted by molar-refractivity contribution is -0.131. The minimum absolute atomic E-state index is 0.116. The molecular weight excluding hydrogens is 486 g/mol. The molecule has 0 saturated heterocycles. The first-order chi connectivity index (χ1) is 18.0. The third-order valence-electron chi connectivity index (χ3n) is 5.88. The predicted molar refractivity (Wildman–Crippen MR) is 140 cm³/mol. The Morgan fingerprint density at radius 3 is 2.21 bits per heavy atom. The first kappa shape index (κ1) is 26.3. The summed E-state index contributed by atoms with van der Waals surface area (Å²) < 4.78 is 5.03. The highest BCUT2D eigenvalue weighted by molar-refractivity contribution is 6.22. The fourth-order valence-corrected chi connectivity index (χ4v) is 4.13. The molecule has 0 aliphatic carbocycles. The van der Waals surface area contributed by atoms with Gasteiger partial charge in [0.1, 0.15) is 5.75 Å². The lowest BCUT2D eigenvalue weighted by atomic mass is 10.0. The van der Waals surface area contributed by atoms with E-state index in [0.29, 0.717) is 16.8 Å². The molecule has 3 aromatic carbocycles. The van der Waals surface area contributed by atoms with E-state index in [2.05, 4.69) is 10.6 Å². The number of imide groups is 1. The number of nitrogens with one attached hydrogen (secondary N) is 2. The summed E-state index contributed by atoms with van der Waals surface area (Å²) in [6, 6.07) is 17.6. The Labute approximate surface area is 219 Å². The fraction of sp³-hybridized carbons (Fsp3) is 0.207. The average molecular weight is 514 g/mol. The van der Waals surface area contributed by atoms with E-state index in [1.165, 1.54) is 36.1 Å². The van der Waals surface area contributed by atoms with E-state index in [4.69, 9.17) is 4.74 Å². The minimum atomic E-state index is -0.694. The molecule has 0 radical (unpaired) electrons. The molecular formula is C29H27N3O6. The maximum absolute atomic E-state index is 13.1. The molecule has 0 aromatic heterocycles. The number of carbonyl (C=O) groups excluding carboxylic acids is 5. The van der Waals surface area contributed by atoms with Gasteiger partial charge in [-0.15, -0.1) is 0 Å². The van der Waals surface area contributed by atoms with Crippen LogP contribution < -0.4 is 15.4 Å². The summed E-state index contributed by atoms with van der Waals surface area (Å²) >= 11 is 0. The van der Waals surface area contributed by atoms with Gasteiger partial charge in [-0.05, 0) is 68.8 Å². The SMILES string of the molecule is CC(=O)Oc1cccc(C(=O)NCc2ccccc2NC(=O)c2ccc3c(c2)C(=O)N(C(C)(C)C)C3=O)c1. The lowest BCUT2D eigenvalue weighted by Gasteiger charge is -2.29. The molecule has 1 aliphatic rings. The lowest BCUT2D eigenvalue weighted by Crippen LogP contribution is -2.45. The molecule has 4 rings (SSSR count). The molecule has 9 nitrogen and oxygen atoms in total. The highest BCUT2D eigenvalue weighted by atomic mass is 16.5. The second kappa shape index (κ2) is 10.3. The van der Waals surface area contributed by atoms with Crippen LogP contribution in [0.15, 0.2) is 66.7 Å². The van der Waals surface area contributed by atoms with Crippen LogP contribution in [0.3, 0.4) is 0 Å². The van der Waals surface area contributed by atoms with Gasteiger partial charge >= 0.3 is 5.97 Å². The molecule has 3 aromatic rings. The third kappa shape index (κ3) is 5.46. The number of anilines is 1. The number of esters is 1. The Balaban J connectivity index is 1.47. The molecule has 0 atom stereocenters. The summed E-state index contributed by atoms with van der Waals surface area (Å²) in [6.45, 7) is 6.71. The zero-order valence-corrected chi connectivity index (χ0v) is 21.5. The van der Waals surface area contributed by atoms with Crippen molar-refractivity contribution < 1.29 is 28.7 Å².